The minimum Gasteiger partial charge on any atom is -0.383 e. The van der Waals surface area contributed by atoms with Gasteiger partial charge in [-0.1, -0.05) is 42.5 Å². The number of likely N-dealkylation sites (tertiary alicyclic amines) is 1. The summed E-state index contributed by atoms with van der Waals surface area (Å²) in [5.41, 5.74) is 15.8. The molecule has 38 heavy (non-hydrogen) atoms. The molecule has 0 bridgehead atoms. The molecule has 1 atom stereocenters. The van der Waals surface area contributed by atoms with Gasteiger partial charge < -0.3 is 10.6 Å². The summed E-state index contributed by atoms with van der Waals surface area (Å²) in [7, 11) is 0. The molecular formula is C32H34N6. The lowest BCUT2D eigenvalue weighted by atomic mass is 9.95. The zero-order chi connectivity index (χ0) is 26.1. The van der Waals surface area contributed by atoms with Crippen molar-refractivity contribution >= 4 is 11.5 Å². The number of nitrogens with two attached hydrogens (primary N) is 1. The molecule has 1 unspecified atom stereocenters. The van der Waals surface area contributed by atoms with Crippen molar-refractivity contribution in [2.24, 2.45) is 0 Å². The second-order valence-corrected chi connectivity index (χ2v) is 10.6. The van der Waals surface area contributed by atoms with E-state index in [1.54, 1.807) is 12.4 Å². The van der Waals surface area contributed by atoms with E-state index in [4.69, 9.17) is 11.1 Å². The van der Waals surface area contributed by atoms with Gasteiger partial charge in [-0.05, 0) is 81.3 Å². The highest BCUT2D eigenvalue weighted by Gasteiger charge is 2.24. The summed E-state index contributed by atoms with van der Waals surface area (Å²) in [5, 5.41) is 8.92. The summed E-state index contributed by atoms with van der Waals surface area (Å²) in [6.45, 7) is 4.48. The maximum absolute atomic E-state index is 8.92. The van der Waals surface area contributed by atoms with Crippen molar-refractivity contribution in [3.8, 4) is 22.4 Å². The third-order valence-electron chi connectivity index (χ3n) is 8.21. The molecule has 2 aromatic heterocycles. The Morgan fingerprint density at radius 1 is 0.842 bits per heavy atom. The lowest BCUT2D eigenvalue weighted by Crippen LogP contribution is -2.32. The van der Waals surface area contributed by atoms with Crippen LogP contribution >= 0.6 is 0 Å². The standard InChI is InChI=1S/C32H34N6/c1-21-31(36-15-14-35-21)24-7-5-23(6-8-24)30(33)29-19-27(20-37-32(29)34)26-9-4-22-10-12-28(13-11-25(22)18-26)38-16-2-3-17-38/h4-9,14-15,18-20,28,33H,2-3,10-13,16-17H2,1H3,(H2,34,37). The number of hydrogen-bond acceptors (Lipinski definition) is 6. The molecule has 0 spiro atoms. The van der Waals surface area contributed by atoms with Crippen LogP contribution < -0.4 is 5.73 Å². The third-order valence-corrected chi connectivity index (χ3v) is 8.21. The summed E-state index contributed by atoms with van der Waals surface area (Å²) < 4.78 is 0. The fourth-order valence-electron chi connectivity index (χ4n) is 6.02. The minimum atomic E-state index is 0.363. The van der Waals surface area contributed by atoms with E-state index in [0.717, 1.165) is 46.5 Å². The minimum absolute atomic E-state index is 0.363. The van der Waals surface area contributed by atoms with Gasteiger partial charge in [0.15, 0.2) is 0 Å². The quantitative estimate of drug-likeness (QED) is 0.264. The number of aromatic nitrogens is 3. The van der Waals surface area contributed by atoms with Crippen molar-refractivity contribution in [1.29, 1.82) is 5.41 Å². The first-order chi connectivity index (χ1) is 18.6. The molecule has 1 aliphatic carbocycles. The Labute approximate surface area is 224 Å². The van der Waals surface area contributed by atoms with E-state index < -0.39 is 0 Å². The van der Waals surface area contributed by atoms with E-state index in [2.05, 4.69) is 38.1 Å². The van der Waals surface area contributed by atoms with Crippen LogP contribution in [0, 0.1) is 12.3 Å². The van der Waals surface area contributed by atoms with Crippen LogP contribution in [-0.2, 0) is 12.8 Å². The molecule has 4 aromatic rings. The first-order valence-electron chi connectivity index (χ1n) is 13.7. The number of nitrogens with one attached hydrogen (secondary N) is 1. The van der Waals surface area contributed by atoms with Gasteiger partial charge >= 0.3 is 0 Å². The Hall–Kier alpha value is -3.90. The van der Waals surface area contributed by atoms with Gasteiger partial charge in [0, 0.05) is 46.9 Å². The van der Waals surface area contributed by atoms with Gasteiger partial charge in [0.25, 0.3) is 0 Å². The summed E-state index contributed by atoms with van der Waals surface area (Å²) in [6, 6.07) is 17.4. The smallest absolute Gasteiger partial charge is 0.132 e. The molecule has 2 aromatic carbocycles. The van der Waals surface area contributed by atoms with E-state index in [1.807, 2.05) is 43.5 Å². The Morgan fingerprint density at radius 2 is 1.55 bits per heavy atom. The Bertz CT molecular complexity index is 1470. The number of rotatable bonds is 5. The molecule has 6 heteroatoms. The van der Waals surface area contributed by atoms with Gasteiger partial charge in [0.05, 0.1) is 17.1 Å². The fraction of sp³-hybridized carbons (Fsp3) is 0.312. The van der Waals surface area contributed by atoms with Crippen molar-refractivity contribution in [2.75, 3.05) is 18.8 Å². The second kappa shape index (κ2) is 10.5. The highest BCUT2D eigenvalue weighted by molar-refractivity contribution is 6.14. The average Bonchev–Trinajstić information content (AvgIpc) is 3.40. The van der Waals surface area contributed by atoms with Gasteiger partial charge in [0.1, 0.15) is 5.82 Å². The maximum atomic E-state index is 8.92. The van der Waals surface area contributed by atoms with E-state index in [0.29, 0.717) is 23.1 Å². The summed E-state index contributed by atoms with van der Waals surface area (Å²) in [5.74, 6) is 0.371. The summed E-state index contributed by atoms with van der Waals surface area (Å²) in [4.78, 5) is 16.0. The molecule has 1 saturated heterocycles. The Balaban J connectivity index is 1.24. The predicted molar refractivity (Wildman–Crippen MR) is 153 cm³/mol. The number of hydrogen-bond donors (Lipinski definition) is 2. The van der Waals surface area contributed by atoms with Gasteiger partial charge in [0.2, 0.25) is 0 Å². The number of benzene rings is 2. The van der Waals surface area contributed by atoms with Crippen molar-refractivity contribution in [2.45, 2.75) is 51.5 Å². The lowest BCUT2D eigenvalue weighted by molar-refractivity contribution is 0.222. The molecule has 2 aliphatic rings. The summed E-state index contributed by atoms with van der Waals surface area (Å²) >= 11 is 0. The molecule has 0 saturated carbocycles. The number of pyridine rings is 1. The molecule has 3 heterocycles. The zero-order valence-electron chi connectivity index (χ0n) is 22.0. The van der Waals surface area contributed by atoms with Crippen LogP contribution in [0.5, 0.6) is 0 Å². The molecule has 0 amide bonds. The molecular weight excluding hydrogens is 468 g/mol. The monoisotopic (exact) mass is 502 g/mol. The first-order valence-corrected chi connectivity index (χ1v) is 13.7. The molecule has 3 N–H and O–H groups in total. The highest BCUT2D eigenvalue weighted by atomic mass is 15.2. The van der Waals surface area contributed by atoms with Crippen LogP contribution in [0.4, 0.5) is 5.82 Å². The third kappa shape index (κ3) is 4.84. The Morgan fingerprint density at radius 3 is 2.32 bits per heavy atom. The molecule has 0 radical (unpaired) electrons. The highest BCUT2D eigenvalue weighted by Crippen LogP contribution is 2.31. The molecule has 192 valence electrons. The number of nitrogen functional groups attached to an aromatic ring is 1. The van der Waals surface area contributed by atoms with Gasteiger partial charge in [-0.3, -0.25) is 15.4 Å². The van der Waals surface area contributed by atoms with Crippen LogP contribution in [0.2, 0.25) is 0 Å². The molecule has 1 fully saturated rings. The Kier molecular flexibility index (Phi) is 6.73. The van der Waals surface area contributed by atoms with Crippen molar-refractivity contribution in [1.82, 2.24) is 19.9 Å². The number of nitrogens with zero attached hydrogens (tertiary/aromatic N) is 4. The van der Waals surface area contributed by atoms with Gasteiger partial charge in [-0.25, -0.2) is 4.98 Å². The van der Waals surface area contributed by atoms with Crippen LogP contribution in [0.1, 0.15) is 53.6 Å². The number of fused-ring (bicyclic) bond motifs is 1. The van der Waals surface area contributed by atoms with Crippen molar-refractivity contribution in [3.05, 3.63) is 95.1 Å². The second-order valence-electron chi connectivity index (χ2n) is 10.6. The predicted octanol–water partition coefficient (Wildman–Crippen LogP) is 5.86. The lowest BCUT2D eigenvalue weighted by Gasteiger charge is -2.26. The SMILES string of the molecule is Cc1nccnc1-c1ccc(C(=N)c2cc(-c3ccc4c(c3)CCC(N3CCCC3)CC4)cnc2N)cc1. The zero-order valence-corrected chi connectivity index (χ0v) is 22.0. The first kappa shape index (κ1) is 24.4. The fourth-order valence-corrected chi connectivity index (χ4v) is 6.02. The average molecular weight is 503 g/mol. The van der Waals surface area contributed by atoms with E-state index in [-0.39, 0.29) is 0 Å². The maximum Gasteiger partial charge on any atom is 0.132 e. The largest absolute Gasteiger partial charge is 0.383 e. The molecule has 6 nitrogen and oxygen atoms in total. The van der Waals surface area contributed by atoms with Crippen molar-refractivity contribution < 1.29 is 0 Å². The van der Waals surface area contributed by atoms with Gasteiger partial charge in [-0.2, -0.15) is 0 Å². The number of anilines is 1. The van der Waals surface area contributed by atoms with E-state index in [9.17, 15) is 0 Å². The van der Waals surface area contributed by atoms with E-state index >= 15 is 0 Å². The molecule has 6 rings (SSSR count). The topological polar surface area (TPSA) is 91.8 Å². The van der Waals surface area contributed by atoms with Crippen LogP contribution in [-0.4, -0.2) is 44.7 Å². The van der Waals surface area contributed by atoms with E-state index in [1.165, 1.54) is 49.9 Å². The van der Waals surface area contributed by atoms with Crippen LogP contribution in [0.15, 0.2) is 67.1 Å². The number of aryl methyl sites for hydroxylation is 3. The van der Waals surface area contributed by atoms with Crippen LogP contribution in [0.3, 0.4) is 0 Å². The summed E-state index contributed by atoms with van der Waals surface area (Å²) in [6.07, 6.45) is 12.7. The van der Waals surface area contributed by atoms with Gasteiger partial charge in [-0.15, -0.1) is 0 Å². The van der Waals surface area contributed by atoms with Crippen LogP contribution in [0.25, 0.3) is 22.4 Å². The normalized spacial score (nSPS) is 17.7. The van der Waals surface area contributed by atoms with Crippen molar-refractivity contribution in [3.63, 3.8) is 0 Å². The molecule has 1 aliphatic heterocycles.